The SMILES string of the molecule is CCCCCC(N)NN. The normalized spacial score (nSPS) is 13.7. The van der Waals surface area contributed by atoms with Gasteiger partial charge in [0.1, 0.15) is 0 Å². The molecule has 1 atom stereocenters. The lowest BCUT2D eigenvalue weighted by Crippen LogP contribution is -2.41. The van der Waals surface area contributed by atoms with Gasteiger partial charge in [-0.2, -0.15) is 0 Å². The van der Waals surface area contributed by atoms with Crippen LogP contribution in [0.25, 0.3) is 0 Å². The van der Waals surface area contributed by atoms with Gasteiger partial charge in [0.25, 0.3) is 0 Å². The highest BCUT2D eigenvalue weighted by molar-refractivity contribution is 4.52. The standard InChI is InChI=1S/C6H17N3/c1-2-3-4-5-6(7)9-8/h6,9H,2-5,7-8H2,1H3. The fourth-order valence-electron chi connectivity index (χ4n) is 0.698. The summed E-state index contributed by atoms with van der Waals surface area (Å²) in [5.41, 5.74) is 7.98. The second-order valence-corrected chi connectivity index (χ2v) is 2.27. The van der Waals surface area contributed by atoms with Crippen molar-refractivity contribution in [2.45, 2.75) is 38.8 Å². The summed E-state index contributed by atoms with van der Waals surface area (Å²) in [6.07, 6.45) is 4.61. The zero-order chi connectivity index (χ0) is 7.11. The van der Waals surface area contributed by atoms with Crippen molar-refractivity contribution >= 4 is 0 Å². The van der Waals surface area contributed by atoms with Gasteiger partial charge < -0.3 is 5.73 Å². The summed E-state index contributed by atoms with van der Waals surface area (Å²) in [5.74, 6) is 5.08. The molecule has 0 amide bonds. The highest BCUT2D eigenvalue weighted by Crippen LogP contribution is 1.98. The van der Waals surface area contributed by atoms with Gasteiger partial charge >= 0.3 is 0 Å². The van der Waals surface area contributed by atoms with Gasteiger partial charge in [-0.15, -0.1) is 0 Å². The largest absolute Gasteiger partial charge is 0.315 e. The third-order valence-corrected chi connectivity index (χ3v) is 1.33. The van der Waals surface area contributed by atoms with Gasteiger partial charge in [-0.25, -0.2) is 5.43 Å². The molecule has 0 saturated heterocycles. The maximum Gasteiger partial charge on any atom is 0.0676 e. The van der Waals surface area contributed by atoms with Gasteiger partial charge in [-0.1, -0.05) is 26.2 Å². The zero-order valence-corrected chi connectivity index (χ0v) is 6.06. The third kappa shape index (κ3) is 5.76. The van der Waals surface area contributed by atoms with Gasteiger partial charge in [0.2, 0.25) is 0 Å². The van der Waals surface area contributed by atoms with Crippen LogP contribution in [0.5, 0.6) is 0 Å². The highest BCUT2D eigenvalue weighted by atomic mass is 15.3. The Hall–Kier alpha value is -0.120. The van der Waals surface area contributed by atoms with Crippen LogP contribution in [0.3, 0.4) is 0 Å². The summed E-state index contributed by atoms with van der Waals surface area (Å²) in [6.45, 7) is 2.17. The van der Waals surface area contributed by atoms with Crippen LogP contribution in [0, 0.1) is 0 Å². The maximum absolute atomic E-state index is 5.48. The van der Waals surface area contributed by atoms with Crippen LogP contribution >= 0.6 is 0 Å². The van der Waals surface area contributed by atoms with Crippen LogP contribution in [0.1, 0.15) is 32.6 Å². The molecule has 0 aliphatic rings. The molecule has 0 radical (unpaired) electrons. The van der Waals surface area contributed by atoms with Crippen LogP contribution in [-0.2, 0) is 0 Å². The van der Waals surface area contributed by atoms with Crippen LogP contribution in [0.4, 0.5) is 0 Å². The molecule has 0 bridgehead atoms. The smallest absolute Gasteiger partial charge is 0.0676 e. The van der Waals surface area contributed by atoms with Crippen LogP contribution in [-0.4, -0.2) is 6.17 Å². The van der Waals surface area contributed by atoms with Crippen LogP contribution in [0.2, 0.25) is 0 Å². The Labute approximate surface area is 56.8 Å². The van der Waals surface area contributed by atoms with E-state index in [1.54, 1.807) is 0 Å². The van der Waals surface area contributed by atoms with E-state index in [-0.39, 0.29) is 6.17 Å². The second kappa shape index (κ2) is 6.01. The van der Waals surface area contributed by atoms with Crippen molar-refractivity contribution in [3.05, 3.63) is 0 Å². The first-order chi connectivity index (χ1) is 4.31. The average molecular weight is 131 g/mol. The Morgan fingerprint density at radius 2 is 2.11 bits per heavy atom. The first-order valence-corrected chi connectivity index (χ1v) is 3.53. The molecule has 56 valence electrons. The van der Waals surface area contributed by atoms with Gasteiger partial charge in [-0.05, 0) is 6.42 Å². The topological polar surface area (TPSA) is 64.1 Å². The Morgan fingerprint density at radius 1 is 1.44 bits per heavy atom. The molecule has 0 fully saturated rings. The lowest BCUT2D eigenvalue weighted by Gasteiger charge is -2.07. The van der Waals surface area contributed by atoms with Crippen molar-refractivity contribution in [2.75, 3.05) is 0 Å². The fraction of sp³-hybridized carbons (Fsp3) is 1.00. The van der Waals surface area contributed by atoms with Crippen LogP contribution < -0.4 is 17.0 Å². The molecule has 0 aliphatic heterocycles. The molecule has 1 unspecified atom stereocenters. The number of unbranched alkanes of at least 4 members (excludes halogenated alkanes) is 2. The summed E-state index contributed by atoms with van der Waals surface area (Å²) in [6, 6.07) is 0. The summed E-state index contributed by atoms with van der Waals surface area (Å²) >= 11 is 0. The molecule has 3 nitrogen and oxygen atoms in total. The molecular formula is C6H17N3. The molecule has 5 N–H and O–H groups in total. The predicted octanol–water partition coefficient (Wildman–Crippen LogP) is 0.315. The van der Waals surface area contributed by atoms with Crippen molar-refractivity contribution in [1.29, 1.82) is 0 Å². The Bertz CT molecular complexity index is 56.3. The molecule has 0 aliphatic carbocycles. The Kier molecular flexibility index (Phi) is 5.93. The number of hydrogen-bond acceptors (Lipinski definition) is 3. The second-order valence-electron chi connectivity index (χ2n) is 2.27. The summed E-state index contributed by atoms with van der Waals surface area (Å²) in [7, 11) is 0. The Morgan fingerprint density at radius 3 is 2.56 bits per heavy atom. The zero-order valence-electron chi connectivity index (χ0n) is 6.06. The lowest BCUT2D eigenvalue weighted by molar-refractivity contribution is 0.483. The van der Waals surface area contributed by atoms with Crippen molar-refractivity contribution in [2.24, 2.45) is 11.6 Å². The highest BCUT2D eigenvalue weighted by Gasteiger charge is 1.95. The van der Waals surface area contributed by atoms with E-state index in [1.807, 2.05) is 0 Å². The minimum atomic E-state index is -0.0171. The monoisotopic (exact) mass is 131 g/mol. The molecule has 0 heterocycles. The first-order valence-electron chi connectivity index (χ1n) is 3.53. The molecule has 0 aromatic heterocycles. The van der Waals surface area contributed by atoms with E-state index in [0.29, 0.717) is 0 Å². The summed E-state index contributed by atoms with van der Waals surface area (Å²) < 4.78 is 0. The van der Waals surface area contributed by atoms with E-state index in [2.05, 4.69) is 12.3 Å². The summed E-state index contributed by atoms with van der Waals surface area (Å²) in [4.78, 5) is 0. The average Bonchev–Trinajstić information content (AvgIpc) is 1.89. The van der Waals surface area contributed by atoms with Crippen LogP contribution in [0.15, 0.2) is 0 Å². The number of nitrogens with one attached hydrogen (secondary N) is 1. The van der Waals surface area contributed by atoms with Gasteiger partial charge in [-0.3, -0.25) is 5.84 Å². The third-order valence-electron chi connectivity index (χ3n) is 1.33. The molecule has 0 aromatic rings. The maximum atomic E-state index is 5.48. The number of nitrogens with two attached hydrogens (primary N) is 2. The fourth-order valence-corrected chi connectivity index (χ4v) is 0.698. The molecule has 0 spiro atoms. The quantitative estimate of drug-likeness (QED) is 0.218. The van der Waals surface area contributed by atoms with E-state index < -0.39 is 0 Å². The van der Waals surface area contributed by atoms with Crippen molar-refractivity contribution in [3.63, 3.8) is 0 Å². The Balaban J connectivity index is 2.88. The summed E-state index contributed by atoms with van der Waals surface area (Å²) in [5, 5.41) is 0. The minimum absolute atomic E-state index is 0.0171. The van der Waals surface area contributed by atoms with E-state index in [9.17, 15) is 0 Å². The van der Waals surface area contributed by atoms with Gasteiger partial charge in [0, 0.05) is 0 Å². The van der Waals surface area contributed by atoms with E-state index in [1.165, 1.54) is 19.3 Å². The molecule has 0 aromatic carbocycles. The van der Waals surface area contributed by atoms with Crippen molar-refractivity contribution in [1.82, 2.24) is 5.43 Å². The van der Waals surface area contributed by atoms with Gasteiger partial charge in [0.15, 0.2) is 0 Å². The lowest BCUT2D eigenvalue weighted by atomic mass is 10.2. The van der Waals surface area contributed by atoms with E-state index >= 15 is 0 Å². The van der Waals surface area contributed by atoms with E-state index in [0.717, 1.165) is 6.42 Å². The number of hydrazine groups is 1. The molecule has 0 rings (SSSR count). The molecule has 9 heavy (non-hydrogen) atoms. The van der Waals surface area contributed by atoms with Crippen molar-refractivity contribution in [3.8, 4) is 0 Å². The number of hydrogen-bond donors (Lipinski definition) is 3. The first kappa shape index (κ1) is 8.88. The van der Waals surface area contributed by atoms with E-state index in [4.69, 9.17) is 11.6 Å². The number of rotatable bonds is 5. The predicted molar refractivity (Wildman–Crippen MR) is 39.4 cm³/mol. The molecular weight excluding hydrogens is 114 g/mol. The molecule has 3 heteroatoms. The minimum Gasteiger partial charge on any atom is -0.315 e. The van der Waals surface area contributed by atoms with Crippen molar-refractivity contribution < 1.29 is 0 Å². The van der Waals surface area contributed by atoms with Gasteiger partial charge in [0.05, 0.1) is 6.17 Å². The molecule has 0 saturated carbocycles.